The highest BCUT2D eigenvalue weighted by Gasteiger charge is 2.60. The summed E-state index contributed by atoms with van der Waals surface area (Å²) >= 11 is 1.42. The summed E-state index contributed by atoms with van der Waals surface area (Å²) < 4.78 is 0. The Hall–Kier alpha value is -2.19. The number of aliphatic carboxylic acids is 1. The zero-order valence-corrected chi connectivity index (χ0v) is 21.6. The highest BCUT2D eigenvalue weighted by atomic mass is 32.2. The smallest absolute Gasteiger partial charge is 0.353 e. The van der Waals surface area contributed by atoms with Gasteiger partial charge in [0.05, 0.1) is 37.2 Å². The van der Waals surface area contributed by atoms with Gasteiger partial charge in [-0.2, -0.15) is 0 Å². The summed E-state index contributed by atoms with van der Waals surface area (Å²) in [4.78, 5) is 53.9. The molecule has 0 radical (unpaired) electrons. The fraction of sp³-hybridized carbons (Fsp3) is 0.739. The van der Waals surface area contributed by atoms with Crippen molar-refractivity contribution >= 4 is 35.5 Å². The summed E-state index contributed by atoms with van der Waals surface area (Å²) in [5, 5.41) is 28.4. The number of carboxylic acid groups (broad SMARTS) is 1. The molecule has 0 saturated carbocycles. The summed E-state index contributed by atoms with van der Waals surface area (Å²) in [6.07, 6.45) is 1.08. The molecule has 3 saturated heterocycles. The van der Waals surface area contributed by atoms with Gasteiger partial charge in [0.25, 0.3) is 0 Å². The molecule has 200 valence electrons. The summed E-state index contributed by atoms with van der Waals surface area (Å²) in [6.45, 7) is 4.62. The number of likely N-dealkylation sites (tertiary alicyclic amines) is 1. The van der Waals surface area contributed by atoms with Crippen LogP contribution in [-0.4, -0.2) is 112 Å². The maximum absolute atomic E-state index is 13.1. The molecule has 12 nitrogen and oxygen atoms in total. The first-order valence-electron chi connectivity index (χ1n) is 12.4. The van der Waals surface area contributed by atoms with Gasteiger partial charge < -0.3 is 41.7 Å². The Morgan fingerprint density at radius 3 is 2.67 bits per heavy atom. The van der Waals surface area contributed by atoms with Crippen molar-refractivity contribution in [2.24, 2.45) is 17.6 Å². The molecule has 36 heavy (non-hydrogen) atoms. The normalized spacial score (nSPS) is 34.6. The Bertz CT molecular complexity index is 961. The lowest BCUT2D eigenvalue weighted by molar-refractivity contribution is -0.158. The van der Waals surface area contributed by atoms with Crippen LogP contribution in [0.15, 0.2) is 10.6 Å². The van der Waals surface area contributed by atoms with E-state index in [1.165, 1.54) is 16.7 Å². The lowest BCUT2D eigenvalue weighted by atomic mass is 9.78. The second-order valence-corrected chi connectivity index (χ2v) is 11.5. The summed E-state index contributed by atoms with van der Waals surface area (Å²) in [7, 11) is 1.66. The molecule has 7 N–H and O–H groups in total. The minimum atomic E-state index is -1.15. The van der Waals surface area contributed by atoms with Gasteiger partial charge in [-0.05, 0) is 26.8 Å². The number of hydrogen-bond donors (Lipinski definition) is 6. The second kappa shape index (κ2) is 10.7. The molecule has 0 aromatic heterocycles. The van der Waals surface area contributed by atoms with Gasteiger partial charge >= 0.3 is 5.97 Å². The molecule has 0 aliphatic carbocycles. The van der Waals surface area contributed by atoms with E-state index in [1.54, 1.807) is 18.9 Å². The Morgan fingerprint density at radius 2 is 2.03 bits per heavy atom. The number of carboxylic acids is 1. The van der Waals surface area contributed by atoms with E-state index in [2.05, 4.69) is 16.0 Å². The number of rotatable bonds is 9. The summed E-state index contributed by atoms with van der Waals surface area (Å²) in [5.74, 6) is -2.48. The standard InChI is InChI=1S/C23H36N6O6S/c1-10-18-17(11(2)27-16(31)7-25-3)22(33)29(18)19(23(34)35)20(10)36-14-5-15(26-6-14)21(32)28-8-12(24)4-13(28)9-30/h10-15,17-18,25-26,30H,4-9,24H2,1-3H3,(H,27,31)(H,34,35)/t10-,11-,12+,13+,14+,15+,17-,18-/m1/s1. The molecule has 4 aliphatic heterocycles. The van der Waals surface area contributed by atoms with E-state index < -0.39 is 24.0 Å². The van der Waals surface area contributed by atoms with Crippen LogP contribution in [0.1, 0.15) is 26.7 Å². The third-order valence-electron chi connectivity index (χ3n) is 7.68. The fourth-order valence-electron chi connectivity index (χ4n) is 6.01. The van der Waals surface area contributed by atoms with Crippen LogP contribution in [0, 0.1) is 11.8 Å². The van der Waals surface area contributed by atoms with Gasteiger partial charge in [-0.25, -0.2) is 4.79 Å². The van der Waals surface area contributed by atoms with Crippen LogP contribution in [0.3, 0.4) is 0 Å². The molecule has 8 atom stereocenters. The summed E-state index contributed by atoms with van der Waals surface area (Å²) in [6, 6.07) is -1.62. The van der Waals surface area contributed by atoms with Crippen molar-refractivity contribution < 1.29 is 29.4 Å². The summed E-state index contributed by atoms with van der Waals surface area (Å²) in [5.41, 5.74) is 6.00. The van der Waals surface area contributed by atoms with Crippen molar-refractivity contribution in [3.63, 3.8) is 0 Å². The van der Waals surface area contributed by atoms with Crippen LogP contribution < -0.4 is 21.7 Å². The number of thioether (sulfide) groups is 1. The van der Waals surface area contributed by atoms with E-state index >= 15 is 0 Å². The topological polar surface area (TPSA) is 177 Å². The number of nitrogens with zero attached hydrogens (tertiary/aromatic N) is 2. The number of aliphatic hydroxyl groups excluding tert-OH is 1. The van der Waals surface area contributed by atoms with Gasteiger partial charge in [-0.1, -0.05) is 6.92 Å². The quantitative estimate of drug-likeness (QED) is 0.183. The average Bonchev–Trinajstić information content (AvgIpc) is 3.49. The molecule has 0 unspecified atom stereocenters. The molecule has 4 rings (SSSR count). The van der Waals surface area contributed by atoms with Gasteiger partial charge in [0.1, 0.15) is 5.70 Å². The van der Waals surface area contributed by atoms with Gasteiger partial charge in [-0.3, -0.25) is 14.4 Å². The number of nitrogens with two attached hydrogens (primary N) is 1. The number of likely N-dealkylation sites (N-methyl/N-ethyl adjacent to an activating group) is 1. The molecular weight excluding hydrogens is 488 g/mol. The van der Waals surface area contributed by atoms with Gasteiger partial charge in [-0.15, -0.1) is 11.8 Å². The lowest BCUT2D eigenvalue weighted by Gasteiger charge is -2.47. The zero-order chi connectivity index (χ0) is 26.3. The molecule has 0 aromatic rings. The molecule has 3 amide bonds. The largest absolute Gasteiger partial charge is 0.477 e. The molecule has 4 heterocycles. The second-order valence-electron chi connectivity index (χ2n) is 10.2. The number of fused-ring (bicyclic) bond motifs is 1. The average molecular weight is 525 g/mol. The van der Waals surface area contributed by atoms with Gasteiger partial charge in [0.15, 0.2) is 0 Å². The lowest BCUT2D eigenvalue weighted by Crippen LogP contribution is -2.66. The van der Waals surface area contributed by atoms with Crippen molar-refractivity contribution in [1.82, 2.24) is 25.8 Å². The first-order valence-corrected chi connectivity index (χ1v) is 13.3. The Kier molecular flexibility index (Phi) is 7.95. The number of carbonyl (C=O) groups is 4. The number of nitrogens with one attached hydrogen (secondary N) is 3. The monoisotopic (exact) mass is 524 g/mol. The van der Waals surface area contributed by atoms with Crippen LogP contribution >= 0.6 is 11.8 Å². The van der Waals surface area contributed by atoms with E-state index in [0.29, 0.717) is 30.8 Å². The van der Waals surface area contributed by atoms with Crippen LogP contribution in [0.25, 0.3) is 0 Å². The number of amides is 3. The van der Waals surface area contributed by atoms with Crippen LogP contribution in [0.4, 0.5) is 0 Å². The number of aliphatic hydroxyl groups is 1. The Balaban J connectivity index is 1.43. The van der Waals surface area contributed by atoms with Crippen LogP contribution in [0.2, 0.25) is 0 Å². The van der Waals surface area contributed by atoms with E-state index in [1.807, 2.05) is 6.92 Å². The Morgan fingerprint density at radius 1 is 1.31 bits per heavy atom. The van der Waals surface area contributed by atoms with Crippen LogP contribution in [-0.2, 0) is 19.2 Å². The Labute approximate surface area is 214 Å². The third-order valence-corrected chi connectivity index (χ3v) is 9.19. The minimum Gasteiger partial charge on any atom is -0.477 e. The van der Waals surface area contributed by atoms with Crippen molar-refractivity contribution in [2.45, 2.75) is 62.1 Å². The minimum absolute atomic E-state index is 0.00754. The van der Waals surface area contributed by atoms with E-state index in [-0.39, 0.29) is 65.9 Å². The van der Waals surface area contributed by atoms with Crippen LogP contribution in [0.5, 0.6) is 0 Å². The molecule has 3 fully saturated rings. The zero-order valence-electron chi connectivity index (χ0n) is 20.8. The van der Waals surface area contributed by atoms with Crippen molar-refractivity contribution in [1.29, 1.82) is 0 Å². The molecule has 0 bridgehead atoms. The number of hydrogen-bond acceptors (Lipinski definition) is 9. The third kappa shape index (κ3) is 4.74. The predicted molar refractivity (Wildman–Crippen MR) is 132 cm³/mol. The maximum Gasteiger partial charge on any atom is 0.353 e. The van der Waals surface area contributed by atoms with Gasteiger partial charge in [0.2, 0.25) is 17.7 Å². The fourth-order valence-corrected chi connectivity index (χ4v) is 7.49. The first-order chi connectivity index (χ1) is 17.1. The molecular formula is C23H36N6O6S. The van der Waals surface area contributed by atoms with Crippen molar-refractivity contribution in [2.75, 3.05) is 33.3 Å². The highest BCUT2D eigenvalue weighted by Crippen LogP contribution is 2.51. The SMILES string of the molecule is CNCC(=O)N[C@H](C)[C@H]1C(=O)N2C(C(=O)O)=C(S[C@@H]3CN[C@H](C(=O)N4C[C@@H](N)C[C@H]4CO)C3)[C@H](C)[C@H]12. The first kappa shape index (κ1) is 26.9. The maximum atomic E-state index is 13.1. The van der Waals surface area contributed by atoms with E-state index in [4.69, 9.17) is 5.73 Å². The van der Waals surface area contributed by atoms with Crippen molar-refractivity contribution in [3.05, 3.63) is 10.6 Å². The van der Waals surface area contributed by atoms with E-state index in [0.717, 1.165) is 0 Å². The molecule has 13 heteroatoms. The van der Waals surface area contributed by atoms with Gasteiger partial charge in [0, 0.05) is 41.2 Å². The predicted octanol–water partition coefficient (Wildman–Crippen LogP) is -2.13. The number of carbonyl (C=O) groups excluding carboxylic acids is 3. The molecule has 0 spiro atoms. The number of β-lactam (4-membered cyclic amide) rings is 1. The van der Waals surface area contributed by atoms with E-state index in [9.17, 15) is 29.4 Å². The van der Waals surface area contributed by atoms with Crippen molar-refractivity contribution in [3.8, 4) is 0 Å². The molecule has 4 aliphatic rings. The highest BCUT2D eigenvalue weighted by molar-refractivity contribution is 8.03. The molecule has 0 aromatic carbocycles.